The molecule has 0 aromatic heterocycles. The lowest BCUT2D eigenvalue weighted by molar-refractivity contribution is 0.633. The minimum atomic E-state index is 0. The highest BCUT2D eigenvalue weighted by molar-refractivity contribution is 4.54. The largest absolute Gasteiger partial charge is 0.317 e. The van der Waals surface area contributed by atoms with Gasteiger partial charge in [0.05, 0.1) is 0 Å². The maximum absolute atomic E-state index is 3.43. The summed E-state index contributed by atoms with van der Waals surface area (Å²) >= 11 is 0. The van der Waals surface area contributed by atoms with Gasteiger partial charge in [-0.1, -0.05) is 40.5 Å². The molecule has 1 heterocycles. The molecule has 0 aromatic carbocycles. The first kappa shape index (κ1) is 13.5. The van der Waals surface area contributed by atoms with E-state index in [-0.39, 0.29) is 14.9 Å². The Morgan fingerprint density at radius 2 is 0.909 bits per heavy atom. The average Bonchev–Trinajstić information content (AvgIpc) is 2.00. The van der Waals surface area contributed by atoms with E-state index in [0.29, 0.717) is 0 Å². The standard InChI is InChI=1S/C8H17N.2CH4/c1-2-4-6-8-9-7-5-3-1;;/h9H,1-8H2;2*1H4. The highest BCUT2D eigenvalue weighted by atomic mass is 14.8. The van der Waals surface area contributed by atoms with Crippen LogP contribution in [0.5, 0.6) is 0 Å². The lowest BCUT2D eigenvalue weighted by atomic mass is 10.1. The first-order valence-electron chi connectivity index (χ1n) is 4.21. The van der Waals surface area contributed by atoms with E-state index < -0.39 is 0 Å². The molecule has 1 aliphatic rings. The van der Waals surface area contributed by atoms with Gasteiger partial charge in [0.15, 0.2) is 0 Å². The zero-order chi connectivity index (χ0) is 6.36. The van der Waals surface area contributed by atoms with Crippen LogP contribution in [0.25, 0.3) is 0 Å². The van der Waals surface area contributed by atoms with E-state index in [4.69, 9.17) is 0 Å². The van der Waals surface area contributed by atoms with Crippen LogP contribution >= 0.6 is 0 Å². The fourth-order valence-corrected chi connectivity index (χ4v) is 1.33. The van der Waals surface area contributed by atoms with Crippen molar-refractivity contribution in [3.8, 4) is 0 Å². The second-order valence-electron chi connectivity index (χ2n) is 2.87. The van der Waals surface area contributed by atoms with Gasteiger partial charge >= 0.3 is 0 Å². The second-order valence-corrected chi connectivity index (χ2v) is 2.87. The van der Waals surface area contributed by atoms with E-state index in [2.05, 4.69) is 5.32 Å². The van der Waals surface area contributed by atoms with Crippen molar-refractivity contribution >= 4 is 0 Å². The molecule has 0 bridgehead atoms. The molecule has 1 fully saturated rings. The molecule has 0 radical (unpaired) electrons. The maximum Gasteiger partial charge on any atom is -0.00489 e. The van der Waals surface area contributed by atoms with E-state index >= 15 is 0 Å². The van der Waals surface area contributed by atoms with Crippen LogP contribution in [0.4, 0.5) is 0 Å². The summed E-state index contributed by atoms with van der Waals surface area (Å²) in [4.78, 5) is 0. The monoisotopic (exact) mass is 159 g/mol. The van der Waals surface area contributed by atoms with Crippen molar-refractivity contribution in [3.05, 3.63) is 0 Å². The van der Waals surface area contributed by atoms with E-state index in [1.807, 2.05) is 0 Å². The molecule has 0 atom stereocenters. The summed E-state index contributed by atoms with van der Waals surface area (Å²) in [5.74, 6) is 0. The van der Waals surface area contributed by atoms with E-state index in [1.54, 1.807) is 0 Å². The van der Waals surface area contributed by atoms with Crippen LogP contribution in [0.1, 0.15) is 53.4 Å². The lowest BCUT2D eigenvalue weighted by Gasteiger charge is -1.98. The molecule has 11 heavy (non-hydrogen) atoms. The lowest BCUT2D eigenvalue weighted by Crippen LogP contribution is -2.15. The molecule has 1 N–H and O–H groups in total. The molecule has 1 nitrogen and oxygen atoms in total. The van der Waals surface area contributed by atoms with Gasteiger partial charge in [0.25, 0.3) is 0 Å². The molecule has 0 unspecified atom stereocenters. The Kier molecular flexibility index (Phi) is 12.3. The topological polar surface area (TPSA) is 12.0 Å². The Morgan fingerprint density at radius 1 is 0.545 bits per heavy atom. The minimum Gasteiger partial charge on any atom is -0.317 e. The quantitative estimate of drug-likeness (QED) is 0.572. The molecule has 1 rings (SSSR count). The van der Waals surface area contributed by atoms with Crippen LogP contribution < -0.4 is 5.32 Å². The van der Waals surface area contributed by atoms with Gasteiger partial charge in [-0.25, -0.2) is 0 Å². The minimum absolute atomic E-state index is 0. The molecule has 0 spiro atoms. The molecule has 70 valence electrons. The Morgan fingerprint density at radius 3 is 1.36 bits per heavy atom. The van der Waals surface area contributed by atoms with Crippen LogP contribution in [0.15, 0.2) is 0 Å². The van der Waals surface area contributed by atoms with Crippen molar-refractivity contribution in [3.63, 3.8) is 0 Å². The average molecular weight is 159 g/mol. The Hall–Kier alpha value is -0.0400. The zero-order valence-corrected chi connectivity index (χ0v) is 6.16. The van der Waals surface area contributed by atoms with Gasteiger partial charge in [0, 0.05) is 0 Å². The maximum atomic E-state index is 3.43. The molecule has 0 saturated carbocycles. The molecule has 0 aromatic rings. The van der Waals surface area contributed by atoms with Crippen molar-refractivity contribution < 1.29 is 0 Å². The summed E-state index contributed by atoms with van der Waals surface area (Å²) in [7, 11) is 0. The van der Waals surface area contributed by atoms with Gasteiger partial charge in [-0.2, -0.15) is 0 Å². The van der Waals surface area contributed by atoms with Gasteiger partial charge in [-0.05, 0) is 25.9 Å². The van der Waals surface area contributed by atoms with Crippen molar-refractivity contribution in [2.45, 2.75) is 53.4 Å². The second kappa shape index (κ2) is 9.96. The van der Waals surface area contributed by atoms with E-state index in [9.17, 15) is 0 Å². The normalized spacial score (nSPS) is 19.6. The van der Waals surface area contributed by atoms with E-state index in [0.717, 1.165) is 0 Å². The third kappa shape index (κ3) is 7.86. The predicted octanol–water partition coefficient (Wildman–Crippen LogP) is 3.20. The Balaban J connectivity index is 0. The molecule has 1 aliphatic heterocycles. The Labute approximate surface area is 72.6 Å². The Bertz CT molecular complexity index is 33.4. The van der Waals surface area contributed by atoms with Crippen molar-refractivity contribution in [1.82, 2.24) is 5.32 Å². The summed E-state index contributed by atoms with van der Waals surface area (Å²) in [6.07, 6.45) is 8.57. The zero-order valence-electron chi connectivity index (χ0n) is 6.16. The summed E-state index contributed by atoms with van der Waals surface area (Å²) in [6.45, 7) is 2.50. The first-order chi connectivity index (χ1) is 4.50. The van der Waals surface area contributed by atoms with Gasteiger partial charge in [-0.15, -0.1) is 0 Å². The van der Waals surface area contributed by atoms with Crippen molar-refractivity contribution in [1.29, 1.82) is 0 Å². The van der Waals surface area contributed by atoms with Gasteiger partial charge in [-0.3, -0.25) is 0 Å². The fourth-order valence-electron chi connectivity index (χ4n) is 1.33. The summed E-state index contributed by atoms with van der Waals surface area (Å²) in [5, 5.41) is 3.43. The molecule has 1 heteroatoms. The summed E-state index contributed by atoms with van der Waals surface area (Å²) in [6, 6.07) is 0. The van der Waals surface area contributed by atoms with Crippen LogP contribution in [0, 0.1) is 0 Å². The number of nitrogens with one attached hydrogen (secondary N) is 1. The molecular weight excluding hydrogens is 134 g/mol. The van der Waals surface area contributed by atoms with Gasteiger partial charge < -0.3 is 5.32 Å². The number of hydrogen-bond donors (Lipinski definition) is 1. The van der Waals surface area contributed by atoms with Crippen molar-refractivity contribution in [2.24, 2.45) is 0 Å². The van der Waals surface area contributed by atoms with E-state index in [1.165, 1.54) is 51.6 Å². The highest BCUT2D eigenvalue weighted by Crippen LogP contribution is 2.05. The molecule has 0 amide bonds. The number of rotatable bonds is 0. The third-order valence-corrected chi connectivity index (χ3v) is 1.96. The first-order valence-corrected chi connectivity index (χ1v) is 4.21. The van der Waals surface area contributed by atoms with Crippen LogP contribution in [-0.2, 0) is 0 Å². The molecular formula is C10H25N. The van der Waals surface area contributed by atoms with Crippen molar-refractivity contribution in [2.75, 3.05) is 13.1 Å². The van der Waals surface area contributed by atoms with Gasteiger partial charge in [0.2, 0.25) is 0 Å². The highest BCUT2D eigenvalue weighted by Gasteiger charge is 1.94. The van der Waals surface area contributed by atoms with Crippen LogP contribution in [0.2, 0.25) is 0 Å². The third-order valence-electron chi connectivity index (χ3n) is 1.96. The summed E-state index contributed by atoms with van der Waals surface area (Å²) in [5.41, 5.74) is 0. The van der Waals surface area contributed by atoms with Crippen LogP contribution in [0.3, 0.4) is 0 Å². The molecule has 1 saturated heterocycles. The summed E-state index contributed by atoms with van der Waals surface area (Å²) < 4.78 is 0. The predicted molar refractivity (Wildman–Crippen MR) is 54.0 cm³/mol. The molecule has 0 aliphatic carbocycles. The SMILES string of the molecule is C.C.C1CCCCNCCC1. The fraction of sp³-hybridized carbons (Fsp3) is 1.00. The van der Waals surface area contributed by atoms with Crippen LogP contribution in [-0.4, -0.2) is 13.1 Å². The number of hydrogen-bond acceptors (Lipinski definition) is 1. The smallest absolute Gasteiger partial charge is 0.00489 e. The van der Waals surface area contributed by atoms with Gasteiger partial charge in [0.1, 0.15) is 0 Å².